The molecule has 0 spiro atoms. The summed E-state index contributed by atoms with van der Waals surface area (Å²) in [7, 11) is 0. The van der Waals surface area contributed by atoms with Crippen molar-refractivity contribution in [1.29, 1.82) is 0 Å². The van der Waals surface area contributed by atoms with Gasteiger partial charge in [-0.2, -0.15) is 5.10 Å². The van der Waals surface area contributed by atoms with E-state index in [0.717, 1.165) is 22.7 Å². The van der Waals surface area contributed by atoms with E-state index in [-0.39, 0.29) is 6.04 Å². The van der Waals surface area contributed by atoms with Gasteiger partial charge in [-0.25, -0.2) is 0 Å². The monoisotopic (exact) mass is 289 g/mol. The van der Waals surface area contributed by atoms with Crippen LogP contribution >= 0.6 is 11.6 Å². The van der Waals surface area contributed by atoms with Gasteiger partial charge in [0.1, 0.15) is 0 Å². The Morgan fingerprint density at radius 3 is 2.60 bits per heavy atom. The van der Waals surface area contributed by atoms with Crippen LogP contribution in [0.15, 0.2) is 36.5 Å². The highest BCUT2D eigenvalue weighted by atomic mass is 35.5. The summed E-state index contributed by atoms with van der Waals surface area (Å²) in [6.07, 6.45) is 8.02. The third kappa shape index (κ3) is 3.05. The molecule has 1 unspecified atom stereocenters. The summed E-state index contributed by atoms with van der Waals surface area (Å²) in [5, 5.41) is 5.43. The molecular weight excluding hydrogens is 270 g/mol. The molecule has 1 heterocycles. The lowest BCUT2D eigenvalue weighted by Gasteiger charge is -2.11. The predicted octanol–water partition coefficient (Wildman–Crippen LogP) is 3.89. The van der Waals surface area contributed by atoms with E-state index in [0.29, 0.717) is 6.04 Å². The second-order valence-corrected chi connectivity index (χ2v) is 6.02. The highest BCUT2D eigenvalue weighted by molar-refractivity contribution is 6.30. The summed E-state index contributed by atoms with van der Waals surface area (Å²) in [6.45, 7) is 0. The zero-order valence-electron chi connectivity index (χ0n) is 11.5. The lowest BCUT2D eigenvalue weighted by Crippen LogP contribution is -2.14. The van der Waals surface area contributed by atoms with E-state index in [2.05, 4.69) is 22.0 Å². The van der Waals surface area contributed by atoms with Crippen LogP contribution in [-0.2, 0) is 6.42 Å². The second kappa shape index (κ2) is 5.98. The topological polar surface area (TPSA) is 43.8 Å². The summed E-state index contributed by atoms with van der Waals surface area (Å²) >= 11 is 5.90. The van der Waals surface area contributed by atoms with E-state index >= 15 is 0 Å². The smallest absolute Gasteiger partial charge is 0.0643 e. The summed E-state index contributed by atoms with van der Waals surface area (Å²) in [6, 6.07) is 10.4. The highest BCUT2D eigenvalue weighted by Crippen LogP contribution is 2.29. The van der Waals surface area contributed by atoms with E-state index in [4.69, 9.17) is 17.3 Å². The Bertz CT molecular complexity index is 555. The van der Waals surface area contributed by atoms with E-state index in [9.17, 15) is 0 Å². The average Bonchev–Trinajstić information content (AvgIpc) is 3.09. The molecule has 106 valence electrons. The Labute approximate surface area is 124 Å². The SMILES string of the molecule is NC(Cc1ccn(C2CCCC2)n1)c1ccc(Cl)cc1. The molecule has 0 saturated heterocycles. The van der Waals surface area contributed by atoms with Gasteiger partial charge in [0.2, 0.25) is 0 Å². The molecule has 1 fully saturated rings. The molecule has 0 amide bonds. The fraction of sp³-hybridized carbons (Fsp3) is 0.438. The van der Waals surface area contributed by atoms with Crippen molar-refractivity contribution in [2.45, 2.75) is 44.2 Å². The zero-order chi connectivity index (χ0) is 13.9. The Balaban J connectivity index is 1.66. The highest BCUT2D eigenvalue weighted by Gasteiger charge is 2.18. The number of nitrogens with two attached hydrogens (primary N) is 1. The summed E-state index contributed by atoms with van der Waals surface area (Å²) in [5.41, 5.74) is 8.42. The summed E-state index contributed by atoms with van der Waals surface area (Å²) < 4.78 is 2.12. The molecule has 1 aromatic heterocycles. The van der Waals surface area contributed by atoms with E-state index in [1.807, 2.05) is 24.3 Å². The first-order valence-electron chi connectivity index (χ1n) is 7.27. The van der Waals surface area contributed by atoms with Crippen molar-refractivity contribution in [3.8, 4) is 0 Å². The van der Waals surface area contributed by atoms with Crippen LogP contribution in [0, 0.1) is 0 Å². The normalized spacial score (nSPS) is 17.5. The Hall–Kier alpha value is -1.32. The minimum absolute atomic E-state index is 0.0285. The first-order valence-corrected chi connectivity index (χ1v) is 7.65. The maximum absolute atomic E-state index is 6.25. The lowest BCUT2D eigenvalue weighted by molar-refractivity contribution is 0.461. The molecule has 1 atom stereocenters. The number of hydrogen-bond acceptors (Lipinski definition) is 2. The number of rotatable bonds is 4. The van der Waals surface area contributed by atoms with Gasteiger partial charge in [-0.3, -0.25) is 4.68 Å². The Kier molecular flexibility index (Phi) is 4.08. The van der Waals surface area contributed by atoms with Gasteiger partial charge in [-0.15, -0.1) is 0 Å². The van der Waals surface area contributed by atoms with Crippen LogP contribution in [0.4, 0.5) is 0 Å². The van der Waals surface area contributed by atoms with Crippen molar-refractivity contribution < 1.29 is 0 Å². The van der Waals surface area contributed by atoms with E-state index < -0.39 is 0 Å². The molecule has 1 aliphatic carbocycles. The van der Waals surface area contributed by atoms with Gasteiger partial charge in [-0.05, 0) is 36.6 Å². The maximum atomic E-state index is 6.25. The predicted molar refractivity (Wildman–Crippen MR) is 81.8 cm³/mol. The molecule has 1 aromatic carbocycles. The third-order valence-corrected chi connectivity index (χ3v) is 4.34. The van der Waals surface area contributed by atoms with Crippen LogP contribution in [0.25, 0.3) is 0 Å². The lowest BCUT2D eigenvalue weighted by atomic mass is 10.0. The first kappa shape index (κ1) is 13.7. The van der Waals surface area contributed by atoms with Crippen molar-refractivity contribution in [3.05, 3.63) is 52.8 Å². The number of nitrogens with zero attached hydrogens (tertiary/aromatic N) is 2. The molecule has 3 nitrogen and oxygen atoms in total. The van der Waals surface area contributed by atoms with Crippen molar-refractivity contribution in [2.75, 3.05) is 0 Å². The number of benzene rings is 1. The fourth-order valence-corrected chi connectivity index (χ4v) is 3.04. The quantitative estimate of drug-likeness (QED) is 0.928. The van der Waals surface area contributed by atoms with Crippen LogP contribution < -0.4 is 5.73 Å². The van der Waals surface area contributed by atoms with Crippen LogP contribution in [0.1, 0.15) is 49.0 Å². The fourth-order valence-electron chi connectivity index (χ4n) is 2.91. The van der Waals surface area contributed by atoms with Crippen LogP contribution in [0.2, 0.25) is 5.02 Å². The van der Waals surface area contributed by atoms with Gasteiger partial charge in [0.05, 0.1) is 11.7 Å². The molecule has 20 heavy (non-hydrogen) atoms. The zero-order valence-corrected chi connectivity index (χ0v) is 12.3. The minimum Gasteiger partial charge on any atom is -0.324 e. The Morgan fingerprint density at radius 1 is 1.20 bits per heavy atom. The number of hydrogen-bond donors (Lipinski definition) is 1. The van der Waals surface area contributed by atoms with Crippen molar-refractivity contribution in [1.82, 2.24) is 9.78 Å². The second-order valence-electron chi connectivity index (χ2n) is 5.59. The molecule has 2 N–H and O–H groups in total. The van der Waals surface area contributed by atoms with Gasteiger partial charge >= 0.3 is 0 Å². The largest absolute Gasteiger partial charge is 0.324 e. The van der Waals surface area contributed by atoms with Crippen LogP contribution in [0.3, 0.4) is 0 Å². The molecule has 1 saturated carbocycles. The molecule has 4 heteroatoms. The first-order chi connectivity index (χ1) is 9.72. The standard InChI is InChI=1S/C16H20ClN3/c17-13-7-5-12(6-8-13)16(18)11-14-9-10-20(19-14)15-3-1-2-4-15/h5-10,15-16H,1-4,11,18H2. The minimum atomic E-state index is -0.0285. The van der Waals surface area contributed by atoms with Crippen molar-refractivity contribution in [3.63, 3.8) is 0 Å². The van der Waals surface area contributed by atoms with Gasteiger partial charge in [0.25, 0.3) is 0 Å². The molecular formula is C16H20ClN3. The summed E-state index contributed by atoms with van der Waals surface area (Å²) in [4.78, 5) is 0. The maximum Gasteiger partial charge on any atom is 0.0643 e. The molecule has 1 aliphatic rings. The number of aromatic nitrogens is 2. The molecule has 0 bridgehead atoms. The number of halogens is 1. The van der Waals surface area contributed by atoms with Gasteiger partial charge in [-0.1, -0.05) is 36.6 Å². The summed E-state index contributed by atoms with van der Waals surface area (Å²) in [5.74, 6) is 0. The van der Waals surface area contributed by atoms with Gasteiger partial charge < -0.3 is 5.73 Å². The Morgan fingerprint density at radius 2 is 1.90 bits per heavy atom. The van der Waals surface area contributed by atoms with Crippen molar-refractivity contribution >= 4 is 11.6 Å². The van der Waals surface area contributed by atoms with Gasteiger partial charge in [0, 0.05) is 23.7 Å². The van der Waals surface area contributed by atoms with Crippen LogP contribution in [-0.4, -0.2) is 9.78 Å². The van der Waals surface area contributed by atoms with E-state index in [1.54, 1.807) is 0 Å². The van der Waals surface area contributed by atoms with E-state index in [1.165, 1.54) is 25.7 Å². The van der Waals surface area contributed by atoms with Crippen molar-refractivity contribution in [2.24, 2.45) is 5.73 Å². The van der Waals surface area contributed by atoms with Crippen LogP contribution in [0.5, 0.6) is 0 Å². The van der Waals surface area contributed by atoms with Gasteiger partial charge in [0.15, 0.2) is 0 Å². The molecule has 3 rings (SSSR count). The molecule has 0 radical (unpaired) electrons. The molecule has 0 aliphatic heterocycles. The third-order valence-electron chi connectivity index (χ3n) is 4.09. The average molecular weight is 290 g/mol. The molecule has 2 aromatic rings.